The van der Waals surface area contributed by atoms with Crippen LogP contribution in [0.25, 0.3) is 6.08 Å². The Morgan fingerprint density at radius 1 is 1.04 bits per heavy atom. The summed E-state index contributed by atoms with van der Waals surface area (Å²) in [6.45, 7) is 7.09. The summed E-state index contributed by atoms with van der Waals surface area (Å²) >= 11 is 0. The Morgan fingerprint density at radius 3 is 2.32 bits per heavy atom. The summed E-state index contributed by atoms with van der Waals surface area (Å²) in [6, 6.07) is 14.2. The molecule has 0 aliphatic heterocycles. The smallest absolute Gasteiger partial charge is 0.338 e. The number of hydrogen-bond donors (Lipinski definition) is 1. The van der Waals surface area contributed by atoms with Gasteiger partial charge in [-0.15, -0.1) is 0 Å². The largest absolute Gasteiger partial charge is 0.494 e. The molecular formula is C23H27NO4. The standard InChI is InChI=1S/C23H27NO4/c1-4-15-27-21-12-5-18(6-13-21)7-14-22(25)24-20-10-8-19(9-11-20)23(26)28-16-17(2)3/h5-14,17H,4,15-16H2,1-3H3,(H,24,25)/b14-7+. The van der Waals surface area contributed by atoms with Crippen LogP contribution >= 0.6 is 0 Å². The Kier molecular flexibility index (Phi) is 8.28. The molecule has 0 bridgehead atoms. The van der Waals surface area contributed by atoms with Gasteiger partial charge in [-0.25, -0.2) is 4.79 Å². The van der Waals surface area contributed by atoms with E-state index in [-0.39, 0.29) is 17.8 Å². The van der Waals surface area contributed by atoms with Crippen molar-refractivity contribution in [2.24, 2.45) is 5.92 Å². The summed E-state index contributed by atoms with van der Waals surface area (Å²) in [7, 11) is 0. The number of nitrogens with one attached hydrogen (secondary N) is 1. The first-order chi connectivity index (χ1) is 13.5. The summed E-state index contributed by atoms with van der Waals surface area (Å²) in [6.07, 6.45) is 4.16. The van der Waals surface area contributed by atoms with Gasteiger partial charge in [-0.05, 0) is 60.4 Å². The van der Waals surface area contributed by atoms with Gasteiger partial charge in [-0.3, -0.25) is 4.79 Å². The first-order valence-electron chi connectivity index (χ1n) is 9.47. The molecule has 148 valence electrons. The predicted molar refractivity (Wildman–Crippen MR) is 111 cm³/mol. The van der Waals surface area contributed by atoms with Crippen molar-refractivity contribution in [3.63, 3.8) is 0 Å². The molecule has 28 heavy (non-hydrogen) atoms. The highest BCUT2D eigenvalue weighted by atomic mass is 16.5. The van der Waals surface area contributed by atoms with Crippen LogP contribution in [0.1, 0.15) is 43.1 Å². The van der Waals surface area contributed by atoms with E-state index in [2.05, 4.69) is 12.2 Å². The molecule has 0 saturated carbocycles. The maximum absolute atomic E-state index is 12.1. The van der Waals surface area contributed by atoms with E-state index >= 15 is 0 Å². The molecular weight excluding hydrogens is 354 g/mol. The van der Waals surface area contributed by atoms with Gasteiger partial charge in [0.25, 0.3) is 0 Å². The van der Waals surface area contributed by atoms with Gasteiger partial charge in [-0.2, -0.15) is 0 Å². The third-order valence-corrected chi connectivity index (χ3v) is 3.72. The predicted octanol–water partition coefficient (Wildman–Crippen LogP) is 4.94. The molecule has 0 aromatic heterocycles. The Balaban J connectivity index is 1.86. The molecule has 0 saturated heterocycles. The summed E-state index contributed by atoms with van der Waals surface area (Å²) < 4.78 is 10.7. The molecule has 0 atom stereocenters. The van der Waals surface area contributed by atoms with Crippen molar-refractivity contribution in [3.8, 4) is 5.75 Å². The molecule has 5 nitrogen and oxygen atoms in total. The minimum Gasteiger partial charge on any atom is -0.494 e. The first kappa shape index (κ1) is 21.2. The topological polar surface area (TPSA) is 64.6 Å². The van der Waals surface area contributed by atoms with Crippen molar-refractivity contribution in [3.05, 3.63) is 65.7 Å². The summed E-state index contributed by atoms with van der Waals surface area (Å²) in [5, 5.41) is 2.77. The highest BCUT2D eigenvalue weighted by Crippen LogP contribution is 2.14. The highest BCUT2D eigenvalue weighted by Gasteiger charge is 2.08. The quantitative estimate of drug-likeness (QED) is 0.493. The van der Waals surface area contributed by atoms with Crippen molar-refractivity contribution >= 4 is 23.6 Å². The number of ether oxygens (including phenoxy) is 2. The van der Waals surface area contributed by atoms with Crippen molar-refractivity contribution in [1.29, 1.82) is 0 Å². The number of amides is 1. The van der Waals surface area contributed by atoms with E-state index in [1.165, 1.54) is 6.08 Å². The van der Waals surface area contributed by atoms with Crippen LogP contribution in [0.4, 0.5) is 5.69 Å². The Bertz CT molecular complexity index is 792. The molecule has 0 aliphatic carbocycles. The normalized spacial score (nSPS) is 10.9. The van der Waals surface area contributed by atoms with Crippen molar-refractivity contribution < 1.29 is 19.1 Å². The van der Waals surface area contributed by atoms with Crippen LogP contribution in [0.5, 0.6) is 5.75 Å². The molecule has 1 amide bonds. The minimum absolute atomic E-state index is 0.249. The molecule has 0 radical (unpaired) electrons. The fraction of sp³-hybridized carbons (Fsp3) is 0.304. The average molecular weight is 381 g/mol. The number of benzene rings is 2. The Morgan fingerprint density at radius 2 is 1.71 bits per heavy atom. The van der Waals surface area contributed by atoms with E-state index in [0.717, 1.165) is 17.7 Å². The first-order valence-corrected chi connectivity index (χ1v) is 9.47. The van der Waals surface area contributed by atoms with Gasteiger partial charge in [0.15, 0.2) is 0 Å². The van der Waals surface area contributed by atoms with Crippen LogP contribution in [0.15, 0.2) is 54.6 Å². The van der Waals surface area contributed by atoms with Crippen LogP contribution in [-0.4, -0.2) is 25.1 Å². The van der Waals surface area contributed by atoms with Crippen LogP contribution < -0.4 is 10.1 Å². The zero-order valence-corrected chi connectivity index (χ0v) is 16.6. The SMILES string of the molecule is CCCOc1ccc(/C=C/C(=O)Nc2ccc(C(=O)OCC(C)C)cc2)cc1. The Labute approximate surface area is 166 Å². The third kappa shape index (κ3) is 7.27. The second kappa shape index (κ2) is 10.9. The second-order valence-corrected chi connectivity index (χ2v) is 6.81. The lowest BCUT2D eigenvalue weighted by Gasteiger charge is -2.08. The monoisotopic (exact) mass is 381 g/mol. The lowest BCUT2D eigenvalue weighted by Crippen LogP contribution is -2.11. The van der Waals surface area contributed by atoms with Crippen LogP contribution in [0.2, 0.25) is 0 Å². The molecule has 1 N–H and O–H groups in total. The fourth-order valence-electron chi connectivity index (χ4n) is 2.27. The molecule has 5 heteroatoms. The van der Waals surface area contributed by atoms with Crippen molar-refractivity contribution in [1.82, 2.24) is 0 Å². The van der Waals surface area contributed by atoms with Gasteiger partial charge in [0.2, 0.25) is 5.91 Å². The number of carbonyl (C=O) groups is 2. The number of anilines is 1. The van der Waals surface area contributed by atoms with E-state index in [4.69, 9.17) is 9.47 Å². The summed E-state index contributed by atoms with van der Waals surface area (Å²) in [5.74, 6) is 0.490. The average Bonchev–Trinajstić information content (AvgIpc) is 2.70. The molecule has 0 unspecified atom stereocenters. The third-order valence-electron chi connectivity index (χ3n) is 3.72. The van der Waals surface area contributed by atoms with E-state index in [0.29, 0.717) is 24.5 Å². The Hall–Kier alpha value is -3.08. The second-order valence-electron chi connectivity index (χ2n) is 6.81. The summed E-state index contributed by atoms with van der Waals surface area (Å²) in [5.41, 5.74) is 1.97. The molecule has 0 aliphatic rings. The van der Waals surface area contributed by atoms with E-state index in [1.807, 2.05) is 38.1 Å². The van der Waals surface area contributed by atoms with Crippen LogP contribution in [0.3, 0.4) is 0 Å². The number of carbonyl (C=O) groups excluding carboxylic acids is 2. The highest BCUT2D eigenvalue weighted by molar-refractivity contribution is 6.02. The van der Waals surface area contributed by atoms with E-state index < -0.39 is 0 Å². The summed E-state index contributed by atoms with van der Waals surface area (Å²) in [4.78, 5) is 24.0. The minimum atomic E-state index is -0.363. The van der Waals surface area contributed by atoms with Gasteiger partial charge in [-0.1, -0.05) is 32.9 Å². The van der Waals surface area contributed by atoms with Gasteiger partial charge >= 0.3 is 5.97 Å². The van der Waals surface area contributed by atoms with Gasteiger partial charge in [0.1, 0.15) is 5.75 Å². The van der Waals surface area contributed by atoms with Crippen LogP contribution in [-0.2, 0) is 9.53 Å². The van der Waals surface area contributed by atoms with Gasteiger partial charge in [0.05, 0.1) is 18.8 Å². The number of rotatable bonds is 9. The fourth-order valence-corrected chi connectivity index (χ4v) is 2.27. The molecule has 2 aromatic rings. The maximum Gasteiger partial charge on any atom is 0.338 e. The lowest BCUT2D eigenvalue weighted by atomic mass is 10.2. The van der Waals surface area contributed by atoms with Crippen molar-refractivity contribution in [2.45, 2.75) is 27.2 Å². The molecule has 2 aromatic carbocycles. The van der Waals surface area contributed by atoms with Gasteiger partial charge < -0.3 is 14.8 Å². The molecule has 0 fully saturated rings. The van der Waals surface area contributed by atoms with Crippen LogP contribution in [0, 0.1) is 5.92 Å². The molecule has 0 heterocycles. The number of hydrogen-bond acceptors (Lipinski definition) is 4. The number of esters is 1. The molecule has 0 spiro atoms. The van der Waals surface area contributed by atoms with Gasteiger partial charge in [0, 0.05) is 11.8 Å². The molecule has 2 rings (SSSR count). The zero-order valence-electron chi connectivity index (χ0n) is 16.6. The van der Waals surface area contributed by atoms with Crippen molar-refractivity contribution in [2.75, 3.05) is 18.5 Å². The van der Waals surface area contributed by atoms with E-state index in [1.54, 1.807) is 30.3 Å². The lowest BCUT2D eigenvalue weighted by molar-refractivity contribution is -0.111. The zero-order chi connectivity index (χ0) is 20.4. The maximum atomic E-state index is 12.1. The van der Waals surface area contributed by atoms with E-state index in [9.17, 15) is 9.59 Å².